The Bertz CT molecular complexity index is 653. The molecular weight excluding hydrogens is 286 g/mol. The van der Waals surface area contributed by atoms with Gasteiger partial charge >= 0.3 is 0 Å². The molecule has 0 saturated carbocycles. The Morgan fingerprint density at radius 1 is 1.09 bits per heavy atom. The Morgan fingerprint density at radius 2 is 1.87 bits per heavy atom. The van der Waals surface area contributed by atoms with Gasteiger partial charge in [-0.25, -0.2) is 4.98 Å². The van der Waals surface area contributed by atoms with Crippen LogP contribution in [0.3, 0.4) is 0 Å². The number of aryl methyl sites for hydroxylation is 2. The lowest BCUT2D eigenvalue weighted by Crippen LogP contribution is -2.20. The molecule has 2 aromatic rings. The van der Waals surface area contributed by atoms with E-state index in [0.717, 1.165) is 41.0 Å². The minimum Gasteiger partial charge on any atom is -0.372 e. The fourth-order valence-electron chi connectivity index (χ4n) is 2.92. The van der Waals surface area contributed by atoms with Crippen LogP contribution < -0.4 is 10.6 Å². The van der Waals surface area contributed by atoms with E-state index >= 15 is 0 Å². The lowest BCUT2D eigenvalue weighted by atomic mass is 10.1. The van der Waals surface area contributed by atoms with Crippen molar-refractivity contribution in [1.82, 2.24) is 15.0 Å². The standard InChI is InChI=1S/C18H29N5/c1-6-8-9-10-14(7-2)21-18-22-16(19-5)15-12(3)11-13(4)20-17(15)23-18/h11,14H,6-10H2,1-5H3,(H2,19,20,21,22,23). The number of fused-ring (bicyclic) bond motifs is 1. The van der Waals surface area contributed by atoms with Gasteiger partial charge in [0.1, 0.15) is 5.82 Å². The molecule has 23 heavy (non-hydrogen) atoms. The lowest BCUT2D eigenvalue weighted by molar-refractivity contribution is 0.571. The van der Waals surface area contributed by atoms with Crippen LogP contribution in [0.5, 0.6) is 0 Å². The summed E-state index contributed by atoms with van der Waals surface area (Å²) in [7, 11) is 1.89. The van der Waals surface area contributed by atoms with Crippen molar-refractivity contribution in [3.8, 4) is 0 Å². The van der Waals surface area contributed by atoms with E-state index in [-0.39, 0.29) is 0 Å². The van der Waals surface area contributed by atoms with Gasteiger partial charge < -0.3 is 10.6 Å². The molecule has 126 valence electrons. The molecule has 0 aliphatic carbocycles. The van der Waals surface area contributed by atoms with Crippen molar-refractivity contribution in [2.45, 2.75) is 65.8 Å². The number of nitrogens with zero attached hydrogens (tertiary/aromatic N) is 3. The first-order valence-corrected chi connectivity index (χ1v) is 8.69. The monoisotopic (exact) mass is 315 g/mol. The van der Waals surface area contributed by atoms with Crippen molar-refractivity contribution >= 4 is 22.8 Å². The first kappa shape index (κ1) is 17.4. The lowest BCUT2D eigenvalue weighted by Gasteiger charge is -2.18. The molecule has 5 heteroatoms. The molecule has 5 nitrogen and oxygen atoms in total. The third-order valence-corrected chi connectivity index (χ3v) is 4.21. The fraction of sp³-hybridized carbons (Fsp3) is 0.611. The molecule has 0 saturated heterocycles. The van der Waals surface area contributed by atoms with E-state index in [4.69, 9.17) is 0 Å². The molecule has 1 atom stereocenters. The van der Waals surface area contributed by atoms with E-state index in [1.165, 1.54) is 19.3 Å². The maximum absolute atomic E-state index is 4.65. The van der Waals surface area contributed by atoms with Crippen molar-refractivity contribution in [3.63, 3.8) is 0 Å². The molecule has 2 N–H and O–H groups in total. The van der Waals surface area contributed by atoms with Crippen LogP contribution in [0.2, 0.25) is 0 Å². The topological polar surface area (TPSA) is 62.7 Å². The van der Waals surface area contributed by atoms with E-state index in [1.807, 2.05) is 14.0 Å². The van der Waals surface area contributed by atoms with E-state index in [0.29, 0.717) is 12.0 Å². The quantitative estimate of drug-likeness (QED) is 0.704. The average molecular weight is 315 g/mol. The molecule has 0 bridgehead atoms. The van der Waals surface area contributed by atoms with Gasteiger partial charge in [0.2, 0.25) is 5.95 Å². The number of hydrogen-bond donors (Lipinski definition) is 2. The molecule has 0 amide bonds. The molecule has 0 radical (unpaired) electrons. The molecule has 2 heterocycles. The number of hydrogen-bond acceptors (Lipinski definition) is 5. The molecular formula is C18H29N5. The van der Waals surface area contributed by atoms with Gasteiger partial charge in [-0.2, -0.15) is 9.97 Å². The van der Waals surface area contributed by atoms with Crippen LogP contribution >= 0.6 is 0 Å². The maximum Gasteiger partial charge on any atom is 0.226 e. The molecule has 0 spiro atoms. The fourth-order valence-corrected chi connectivity index (χ4v) is 2.92. The van der Waals surface area contributed by atoms with Gasteiger partial charge in [0.05, 0.1) is 5.39 Å². The number of unbranched alkanes of at least 4 members (excludes halogenated alkanes) is 2. The van der Waals surface area contributed by atoms with Gasteiger partial charge in [-0.05, 0) is 38.3 Å². The highest BCUT2D eigenvalue weighted by Crippen LogP contribution is 2.25. The van der Waals surface area contributed by atoms with Crippen molar-refractivity contribution in [2.24, 2.45) is 0 Å². The minimum absolute atomic E-state index is 0.412. The predicted molar refractivity (Wildman–Crippen MR) is 98.2 cm³/mol. The van der Waals surface area contributed by atoms with E-state index in [2.05, 4.69) is 52.4 Å². The summed E-state index contributed by atoms with van der Waals surface area (Å²) in [5.41, 5.74) is 2.89. The summed E-state index contributed by atoms with van der Waals surface area (Å²) in [6, 6.07) is 2.48. The SMILES string of the molecule is CCCCCC(CC)Nc1nc(NC)c2c(C)cc(C)nc2n1. The summed E-state index contributed by atoms with van der Waals surface area (Å²) < 4.78 is 0. The second-order valence-electron chi connectivity index (χ2n) is 6.17. The number of aromatic nitrogens is 3. The van der Waals surface area contributed by atoms with Crippen LogP contribution in [0.4, 0.5) is 11.8 Å². The zero-order valence-electron chi connectivity index (χ0n) is 15.0. The molecule has 2 rings (SSSR count). The van der Waals surface area contributed by atoms with Gasteiger partial charge in [0.15, 0.2) is 5.65 Å². The second-order valence-corrected chi connectivity index (χ2v) is 6.17. The van der Waals surface area contributed by atoms with Crippen LogP contribution in [0.25, 0.3) is 11.0 Å². The molecule has 0 aliphatic rings. The van der Waals surface area contributed by atoms with Crippen molar-refractivity contribution < 1.29 is 0 Å². The number of rotatable bonds is 8. The molecule has 0 aromatic carbocycles. The third kappa shape index (κ3) is 4.30. The van der Waals surface area contributed by atoms with Crippen LogP contribution in [-0.4, -0.2) is 28.0 Å². The zero-order valence-corrected chi connectivity index (χ0v) is 15.0. The predicted octanol–water partition coefficient (Wildman–Crippen LogP) is 4.45. The Labute approximate surface area is 139 Å². The number of pyridine rings is 1. The molecule has 1 unspecified atom stereocenters. The van der Waals surface area contributed by atoms with Crippen LogP contribution in [-0.2, 0) is 0 Å². The smallest absolute Gasteiger partial charge is 0.226 e. The number of nitrogens with one attached hydrogen (secondary N) is 2. The Morgan fingerprint density at radius 3 is 2.52 bits per heavy atom. The summed E-state index contributed by atoms with van der Waals surface area (Å²) in [4.78, 5) is 13.9. The average Bonchev–Trinajstić information content (AvgIpc) is 2.52. The minimum atomic E-state index is 0.412. The zero-order chi connectivity index (χ0) is 16.8. The Balaban J connectivity index is 2.30. The molecule has 2 aromatic heterocycles. The van der Waals surface area contributed by atoms with E-state index in [1.54, 1.807) is 0 Å². The molecule has 0 aliphatic heterocycles. The molecule has 0 fully saturated rings. The second kappa shape index (κ2) is 8.09. The van der Waals surface area contributed by atoms with Crippen LogP contribution in [0, 0.1) is 13.8 Å². The Hall–Kier alpha value is -1.91. The summed E-state index contributed by atoms with van der Waals surface area (Å²) in [6.07, 6.45) is 5.99. The van der Waals surface area contributed by atoms with Crippen LogP contribution in [0.15, 0.2) is 6.07 Å². The van der Waals surface area contributed by atoms with Gasteiger partial charge in [0, 0.05) is 18.8 Å². The van der Waals surface area contributed by atoms with Gasteiger partial charge in [-0.15, -0.1) is 0 Å². The Kier molecular flexibility index (Phi) is 6.13. The van der Waals surface area contributed by atoms with Gasteiger partial charge in [0.25, 0.3) is 0 Å². The first-order valence-electron chi connectivity index (χ1n) is 8.69. The first-order chi connectivity index (χ1) is 11.1. The summed E-state index contributed by atoms with van der Waals surface area (Å²) >= 11 is 0. The van der Waals surface area contributed by atoms with Crippen molar-refractivity contribution in [2.75, 3.05) is 17.7 Å². The summed E-state index contributed by atoms with van der Waals surface area (Å²) in [6.45, 7) is 8.51. The third-order valence-electron chi connectivity index (χ3n) is 4.21. The highest BCUT2D eigenvalue weighted by Gasteiger charge is 2.13. The van der Waals surface area contributed by atoms with Crippen LogP contribution in [0.1, 0.15) is 57.2 Å². The highest BCUT2D eigenvalue weighted by molar-refractivity contribution is 5.90. The van der Waals surface area contributed by atoms with Crippen molar-refractivity contribution in [1.29, 1.82) is 0 Å². The highest BCUT2D eigenvalue weighted by atomic mass is 15.2. The van der Waals surface area contributed by atoms with E-state index < -0.39 is 0 Å². The van der Waals surface area contributed by atoms with Crippen molar-refractivity contribution in [3.05, 3.63) is 17.3 Å². The normalized spacial score (nSPS) is 12.4. The largest absolute Gasteiger partial charge is 0.372 e. The number of anilines is 2. The van der Waals surface area contributed by atoms with Gasteiger partial charge in [-0.1, -0.05) is 33.1 Å². The maximum atomic E-state index is 4.65. The summed E-state index contributed by atoms with van der Waals surface area (Å²) in [5.74, 6) is 1.51. The van der Waals surface area contributed by atoms with Gasteiger partial charge in [-0.3, -0.25) is 0 Å². The van der Waals surface area contributed by atoms with E-state index in [9.17, 15) is 0 Å². The summed E-state index contributed by atoms with van der Waals surface area (Å²) in [5, 5.41) is 7.68.